The van der Waals surface area contributed by atoms with Crippen LogP contribution in [0.1, 0.15) is 35.4 Å². The van der Waals surface area contributed by atoms with Crippen LogP contribution in [-0.4, -0.2) is 55.8 Å². The van der Waals surface area contributed by atoms with E-state index in [-0.39, 0.29) is 17.6 Å². The van der Waals surface area contributed by atoms with Gasteiger partial charge in [-0.05, 0) is 31.4 Å². The molecule has 4 heterocycles. The summed E-state index contributed by atoms with van der Waals surface area (Å²) in [5.74, 6) is 0.863. The number of amides is 1. The topological polar surface area (TPSA) is 85.0 Å². The zero-order chi connectivity index (χ0) is 17.9. The second kappa shape index (κ2) is 7.41. The van der Waals surface area contributed by atoms with Crippen molar-refractivity contribution in [3.8, 4) is 0 Å². The normalized spacial score (nSPS) is 20.1. The van der Waals surface area contributed by atoms with Crippen molar-refractivity contribution in [1.29, 1.82) is 0 Å². The number of aromatic nitrogens is 4. The van der Waals surface area contributed by atoms with Gasteiger partial charge in [0.1, 0.15) is 5.82 Å². The lowest BCUT2D eigenvalue weighted by Crippen LogP contribution is -2.38. The van der Waals surface area contributed by atoms with Crippen molar-refractivity contribution in [3.63, 3.8) is 0 Å². The molecule has 1 fully saturated rings. The molecule has 2 aliphatic rings. The van der Waals surface area contributed by atoms with Crippen LogP contribution in [0, 0.1) is 0 Å². The third-order valence-electron chi connectivity index (χ3n) is 5.21. The summed E-state index contributed by atoms with van der Waals surface area (Å²) in [4.78, 5) is 30.8. The van der Waals surface area contributed by atoms with E-state index in [1.807, 2.05) is 4.57 Å². The summed E-state index contributed by atoms with van der Waals surface area (Å²) < 4.78 is 3.41. The van der Waals surface area contributed by atoms with Gasteiger partial charge in [-0.2, -0.15) is 5.10 Å². The van der Waals surface area contributed by atoms with Crippen molar-refractivity contribution in [3.05, 3.63) is 46.4 Å². The number of nitrogens with zero attached hydrogens (tertiary/aromatic N) is 5. The molecule has 0 bridgehead atoms. The summed E-state index contributed by atoms with van der Waals surface area (Å²) in [6.45, 7) is 3.89. The highest BCUT2D eigenvalue weighted by Gasteiger charge is 2.24. The maximum Gasteiger partial charge on any atom is 0.345 e. The maximum atomic E-state index is 12.4. The number of likely N-dealkylation sites (tertiary alicyclic amines) is 1. The molecule has 2 aliphatic heterocycles. The first-order chi connectivity index (χ1) is 12.7. The molecule has 0 aromatic carbocycles. The van der Waals surface area contributed by atoms with Crippen LogP contribution in [-0.2, 0) is 19.5 Å². The molecule has 1 atom stereocenters. The molecule has 4 rings (SSSR count). The Kier molecular flexibility index (Phi) is 4.83. The third-order valence-corrected chi connectivity index (χ3v) is 5.21. The average molecular weight is 356 g/mol. The standard InChI is InChI=1S/C18H24N6O2/c25-17(14-4-7-19-8-5-14)20-15-6-10-22(13-15)11-12-24-18(26)23-9-2-1-3-16(23)21-24/h4-5,7-8,15H,1-3,6,9-13H2,(H,20,25). The van der Waals surface area contributed by atoms with E-state index in [0.29, 0.717) is 12.1 Å². The summed E-state index contributed by atoms with van der Waals surface area (Å²) in [6.07, 6.45) is 7.24. The Morgan fingerprint density at radius 2 is 2.04 bits per heavy atom. The third kappa shape index (κ3) is 3.55. The monoisotopic (exact) mass is 356 g/mol. The van der Waals surface area contributed by atoms with Gasteiger partial charge in [-0.25, -0.2) is 9.48 Å². The van der Waals surface area contributed by atoms with Gasteiger partial charge >= 0.3 is 5.69 Å². The SMILES string of the molecule is O=C(NC1CCN(CCn2nc3n(c2=O)CCCC3)C1)c1ccncc1. The molecule has 2 aromatic rings. The van der Waals surface area contributed by atoms with Gasteiger partial charge < -0.3 is 5.32 Å². The number of pyridine rings is 1. The van der Waals surface area contributed by atoms with E-state index in [0.717, 1.165) is 57.7 Å². The van der Waals surface area contributed by atoms with Crippen molar-refractivity contribution in [1.82, 2.24) is 29.5 Å². The van der Waals surface area contributed by atoms with Gasteiger partial charge in [0.2, 0.25) is 0 Å². The lowest BCUT2D eigenvalue weighted by atomic mass is 10.2. The molecule has 1 amide bonds. The predicted molar refractivity (Wildman–Crippen MR) is 96.0 cm³/mol. The molecule has 0 saturated carbocycles. The predicted octanol–water partition coefficient (Wildman–Crippen LogP) is 0.280. The molecule has 0 radical (unpaired) electrons. The van der Waals surface area contributed by atoms with Crippen LogP contribution in [0.2, 0.25) is 0 Å². The summed E-state index contributed by atoms with van der Waals surface area (Å²) >= 11 is 0. The van der Waals surface area contributed by atoms with Gasteiger partial charge in [0.15, 0.2) is 0 Å². The second-order valence-corrected chi connectivity index (χ2v) is 7.03. The zero-order valence-corrected chi connectivity index (χ0v) is 14.8. The molecule has 1 unspecified atom stereocenters. The lowest BCUT2D eigenvalue weighted by Gasteiger charge is -2.16. The van der Waals surface area contributed by atoms with E-state index >= 15 is 0 Å². The van der Waals surface area contributed by atoms with Gasteiger partial charge in [-0.15, -0.1) is 0 Å². The summed E-state index contributed by atoms with van der Waals surface area (Å²) in [5.41, 5.74) is 0.648. The quantitative estimate of drug-likeness (QED) is 0.832. The number of fused-ring (bicyclic) bond motifs is 1. The fourth-order valence-corrected chi connectivity index (χ4v) is 3.76. The van der Waals surface area contributed by atoms with Crippen LogP contribution in [0.15, 0.2) is 29.3 Å². The second-order valence-electron chi connectivity index (χ2n) is 7.03. The van der Waals surface area contributed by atoms with Crippen LogP contribution >= 0.6 is 0 Å². The van der Waals surface area contributed by atoms with E-state index in [2.05, 4.69) is 20.3 Å². The fourth-order valence-electron chi connectivity index (χ4n) is 3.76. The molecule has 1 saturated heterocycles. The number of aryl methyl sites for hydroxylation is 1. The van der Waals surface area contributed by atoms with Crippen LogP contribution in [0.5, 0.6) is 0 Å². The Morgan fingerprint density at radius 1 is 1.19 bits per heavy atom. The molecule has 8 heteroatoms. The van der Waals surface area contributed by atoms with Gasteiger partial charge in [-0.1, -0.05) is 0 Å². The highest BCUT2D eigenvalue weighted by atomic mass is 16.2. The maximum absolute atomic E-state index is 12.4. The smallest absolute Gasteiger partial charge is 0.345 e. The number of carbonyl (C=O) groups is 1. The highest BCUT2D eigenvalue weighted by molar-refractivity contribution is 5.94. The number of hydrogen-bond acceptors (Lipinski definition) is 5. The average Bonchev–Trinajstić information content (AvgIpc) is 3.25. The number of nitrogens with one attached hydrogen (secondary N) is 1. The summed E-state index contributed by atoms with van der Waals surface area (Å²) in [7, 11) is 0. The number of carbonyl (C=O) groups excluding carboxylic acids is 1. The van der Waals surface area contributed by atoms with Crippen LogP contribution < -0.4 is 11.0 Å². The van der Waals surface area contributed by atoms with Crippen molar-refractivity contribution in [2.45, 2.75) is 44.8 Å². The van der Waals surface area contributed by atoms with Gasteiger partial charge in [-0.3, -0.25) is 19.2 Å². The first-order valence-electron chi connectivity index (χ1n) is 9.30. The molecule has 0 aliphatic carbocycles. The minimum Gasteiger partial charge on any atom is -0.348 e. The van der Waals surface area contributed by atoms with Gasteiger partial charge in [0, 0.05) is 56.6 Å². The number of hydrogen-bond donors (Lipinski definition) is 1. The Labute approximate surface area is 151 Å². The van der Waals surface area contributed by atoms with E-state index in [4.69, 9.17) is 0 Å². The largest absolute Gasteiger partial charge is 0.348 e. The first kappa shape index (κ1) is 17.0. The fraction of sp³-hybridized carbons (Fsp3) is 0.556. The number of rotatable bonds is 5. The van der Waals surface area contributed by atoms with Crippen molar-refractivity contribution >= 4 is 5.91 Å². The van der Waals surface area contributed by atoms with E-state index in [1.165, 1.54) is 0 Å². The molecular weight excluding hydrogens is 332 g/mol. The highest BCUT2D eigenvalue weighted by Crippen LogP contribution is 2.11. The Hall–Kier alpha value is -2.48. The zero-order valence-electron chi connectivity index (χ0n) is 14.8. The van der Waals surface area contributed by atoms with Crippen molar-refractivity contribution < 1.29 is 4.79 Å². The Morgan fingerprint density at radius 3 is 2.85 bits per heavy atom. The Balaban J connectivity index is 1.29. The molecular formula is C18H24N6O2. The van der Waals surface area contributed by atoms with Crippen molar-refractivity contribution in [2.75, 3.05) is 19.6 Å². The lowest BCUT2D eigenvalue weighted by molar-refractivity contribution is 0.0937. The molecule has 138 valence electrons. The Bertz CT molecular complexity index is 828. The van der Waals surface area contributed by atoms with Crippen LogP contribution in [0.3, 0.4) is 0 Å². The molecule has 0 spiro atoms. The van der Waals surface area contributed by atoms with E-state index in [9.17, 15) is 9.59 Å². The summed E-state index contributed by atoms with van der Waals surface area (Å²) in [6, 6.07) is 3.58. The van der Waals surface area contributed by atoms with Gasteiger partial charge in [0.05, 0.1) is 6.54 Å². The minimum atomic E-state index is -0.0581. The van der Waals surface area contributed by atoms with Crippen molar-refractivity contribution in [2.24, 2.45) is 0 Å². The molecule has 2 aromatic heterocycles. The molecule has 1 N–H and O–H groups in total. The molecule has 8 nitrogen and oxygen atoms in total. The first-order valence-corrected chi connectivity index (χ1v) is 9.30. The molecule has 26 heavy (non-hydrogen) atoms. The van der Waals surface area contributed by atoms with Crippen LogP contribution in [0.4, 0.5) is 0 Å². The minimum absolute atomic E-state index is 0.0152. The van der Waals surface area contributed by atoms with E-state index < -0.39 is 0 Å². The van der Waals surface area contributed by atoms with E-state index in [1.54, 1.807) is 29.2 Å². The van der Waals surface area contributed by atoms with Gasteiger partial charge in [0.25, 0.3) is 5.91 Å². The summed E-state index contributed by atoms with van der Waals surface area (Å²) in [5, 5.41) is 7.56. The van der Waals surface area contributed by atoms with Crippen LogP contribution in [0.25, 0.3) is 0 Å².